The van der Waals surface area contributed by atoms with Crippen LogP contribution in [0.25, 0.3) is 0 Å². The summed E-state index contributed by atoms with van der Waals surface area (Å²) >= 11 is 0. The minimum Gasteiger partial charge on any atom is -0.486 e. The molecule has 0 aliphatic rings. The van der Waals surface area contributed by atoms with E-state index in [0.29, 0.717) is 12.1 Å². The molecule has 2 aromatic rings. The Morgan fingerprint density at radius 2 is 1.60 bits per heavy atom. The summed E-state index contributed by atoms with van der Waals surface area (Å²) in [6.45, 7) is -5.14. The van der Waals surface area contributed by atoms with Crippen LogP contribution in [0.3, 0.4) is 0 Å². The van der Waals surface area contributed by atoms with E-state index >= 15 is 0 Å². The van der Waals surface area contributed by atoms with Gasteiger partial charge >= 0.3 is 58.4 Å². The summed E-state index contributed by atoms with van der Waals surface area (Å²) in [6.07, 6.45) is 0. The predicted molar refractivity (Wildman–Crippen MR) is 65.9 cm³/mol. The van der Waals surface area contributed by atoms with Crippen molar-refractivity contribution in [3.63, 3.8) is 0 Å². The molecule has 0 unspecified atom stereocenters. The van der Waals surface area contributed by atoms with Crippen LogP contribution in [0.2, 0.25) is 0 Å². The Kier molecular flexibility index (Phi) is 6.74. The maximum absolute atomic E-state index is 13.4. The first-order valence-corrected chi connectivity index (χ1v) is 5.63. The number of ether oxygens (including phenoxy) is 1. The zero-order valence-corrected chi connectivity index (χ0v) is 13.9. The van der Waals surface area contributed by atoms with E-state index in [9.17, 15) is 17.3 Å². The van der Waals surface area contributed by atoms with Crippen LogP contribution in [-0.2, 0) is 6.61 Å². The summed E-state index contributed by atoms with van der Waals surface area (Å²) in [5.41, 5.74) is -0.116. The molecule has 2 rings (SSSR count). The molecule has 0 saturated heterocycles. The molecule has 0 aliphatic carbocycles. The largest absolute Gasteiger partial charge is 1.00 e. The third kappa shape index (κ3) is 4.89. The summed E-state index contributed by atoms with van der Waals surface area (Å²) in [5, 5.41) is 0. The average molecular weight is 308 g/mol. The first-order chi connectivity index (χ1) is 8.97. The zero-order valence-electron chi connectivity index (χ0n) is 10.8. The third-order valence-corrected chi connectivity index (χ3v) is 2.57. The smallest absolute Gasteiger partial charge is 0.486 e. The van der Waals surface area contributed by atoms with Crippen molar-refractivity contribution < 1.29 is 73.5 Å². The van der Waals surface area contributed by atoms with Crippen LogP contribution in [0, 0.1) is 5.82 Å². The summed E-state index contributed by atoms with van der Waals surface area (Å²) in [5.74, 6) is -1.19. The van der Waals surface area contributed by atoms with Crippen molar-refractivity contribution >= 4 is 12.4 Å². The summed E-state index contributed by atoms with van der Waals surface area (Å²) in [6, 6.07) is 11.0. The molecule has 20 heavy (non-hydrogen) atoms. The molecule has 0 fully saturated rings. The van der Waals surface area contributed by atoms with Crippen molar-refractivity contribution in [1.82, 2.24) is 0 Å². The van der Waals surface area contributed by atoms with Gasteiger partial charge in [0.05, 0.1) is 0 Å². The van der Waals surface area contributed by atoms with E-state index in [-0.39, 0.29) is 63.7 Å². The quantitative estimate of drug-likeness (QED) is 0.589. The number of hydrogen-bond acceptors (Lipinski definition) is 1. The van der Waals surface area contributed by atoms with E-state index in [1.165, 1.54) is 0 Å². The van der Waals surface area contributed by atoms with E-state index in [1.807, 2.05) is 0 Å². The van der Waals surface area contributed by atoms with E-state index < -0.39 is 18.3 Å². The van der Waals surface area contributed by atoms with E-state index in [1.54, 1.807) is 30.3 Å². The molecule has 0 amide bonds. The second-order valence-corrected chi connectivity index (χ2v) is 4.04. The minimum atomic E-state index is -5.16. The van der Waals surface area contributed by atoms with E-state index in [0.717, 1.165) is 11.6 Å². The monoisotopic (exact) mass is 308 g/mol. The van der Waals surface area contributed by atoms with Crippen LogP contribution in [0.1, 0.15) is 5.56 Å². The summed E-state index contributed by atoms with van der Waals surface area (Å²) < 4.78 is 56.1. The van der Waals surface area contributed by atoms with E-state index in [2.05, 4.69) is 0 Å². The molecular weight excluding hydrogens is 298 g/mol. The first kappa shape index (κ1) is 17.7. The van der Waals surface area contributed by atoms with Crippen LogP contribution in [0.5, 0.6) is 5.75 Å². The Morgan fingerprint density at radius 1 is 0.950 bits per heavy atom. The molecule has 7 heteroatoms. The van der Waals surface area contributed by atoms with Crippen molar-refractivity contribution in [3.8, 4) is 5.75 Å². The third-order valence-electron chi connectivity index (χ3n) is 2.57. The normalized spacial score (nSPS) is 10.8. The molecule has 0 heterocycles. The summed E-state index contributed by atoms with van der Waals surface area (Å²) in [7, 11) is 0. The molecule has 1 nitrogen and oxygen atoms in total. The topological polar surface area (TPSA) is 9.23 Å². The van der Waals surface area contributed by atoms with Crippen molar-refractivity contribution in [2.24, 2.45) is 0 Å². The van der Waals surface area contributed by atoms with Crippen LogP contribution in [-0.4, -0.2) is 6.98 Å². The standard InChI is InChI=1S/C13H10BF4O.K/c15-12-7-6-11(14(16,17)18)8-13(12)19-9-10-4-2-1-3-5-10;/h1-8H,9H2;/q-1;+1. The van der Waals surface area contributed by atoms with Gasteiger partial charge in [-0.1, -0.05) is 36.4 Å². The number of benzene rings is 2. The van der Waals surface area contributed by atoms with Gasteiger partial charge in [0.1, 0.15) is 6.61 Å². The van der Waals surface area contributed by atoms with Gasteiger partial charge in [0.2, 0.25) is 0 Å². The molecule has 0 atom stereocenters. The second kappa shape index (κ2) is 7.61. The Balaban J connectivity index is 0.00000200. The molecule has 0 aromatic heterocycles. The van der Waals surface area contributed by atoms with Crippen molar-refractivity contribution in [2.45, 2.75) is 6.61 Å². The fraction of sp³-hybridized carbons (Fsp3) is 0.0769. The molecule has 100 valence electrons. The molecule has 0 N–H and O–H groups in total. The fourth-order valence-corrected chi connectivity index (χ4v) is 1.57. The zero-order chi connectivity index (χ0) is 13.9. The van der Waals surface area contributed by atoms with Gasteiger partial charge in [-0.25, -0.2) is 4.39 Å². The Bertz CT molecular complexity index is 560. The Morgan fingerprint density at radius 3 is 2.20 bits per heavy atom. The van der Waals surface area contributed by atoms with Crippen molar-refractivity contribution in [1.29, 1.82) is 0 Å². The van der Waals surface area contributed by atoms with Gasteiger partial charge in [-0.3, -0.25) is 0 Å². The molecule has 0 aliphatic heterocycles. The van der Waals surface area contributed by atoms with Crippen molar-refractivity contribution in [3.05, 3.63) is 59.9 Å². The van der Waals surface area contributed by atoms with Gasteiger partial charge in [0.15, 0.2) is 11.6 Å². The van der Waals surface area contributed by atoms with Gasteiger partial charge in [0.25, 0.3) is 0 Å². The maximum Gasteiger partial charge on any atom is 1.00 e. The van der Waals surface area contributed by atoms with Gasteiger partial charge in [-0.05, 0) is 17.7 Å². The first-order valence-electron chi connectivity index (χ1n) is 5.63. The number of hydrogen-bond donors (Lipinski definition) is 0. The predicted octanol–water partition coefficient (Wildman–Crippen LogP) is 0.463. The summed E-state index contributed by atoms with van der Waals surface area (Å²) in [4.78, 5) is 0. The molecule has 0 bridgehead atoms. The fourth-order valence-electron chi connectivity index (χ4n) is 1.57. The second-order valence-electron chi connectivity index (χ2n) is 4.04. The molecular formula is C13H10BF4KO. The van der Waals surface area contributed by atoms with Crippen LogP contribution >= 0.6 is 0 Å². The molecule has 2 aromatic carbocycles. The van der Waals surface area contributed by atoms with Gasteiger partial charge in [-0.2, -0.15) is 0 Å². The van der Waals surface area contributed by atoms with Gasteiger partial charge in [-0.15, -0.1) is 5.46 Å². The number of rotatable bonds is 4. The van der Waals surface area contributed by atoms with Gasteiger partial charge < -0.3 is 17.7 Å². The molecule has 0 saturated carbocycles. The van der Waals surface area contributed by atoms with E-state index in [4.69, 9.17) is 4.74 Å². The van der Waals surface area contributed by atoms with Crippen LogP contribution in [0.15, 0.2) is 48.5 Å². The minimum absolute atomic E-state index is 0. The van der Waals surface area contributed by atoms with Crippen LogP contribution in [0.4, 0.5) is 17.3 Å². The SMILES string of the molecule is Fc1ccc([B-](F)(F)F)cc1OCc1ccccc1.[K+]. The van der Waals surface area contributed by atoms with Crippen molar-refractivity contribution in [2.75, 3.05) is 0 Å². The molecule has 0 radical (unpaired) electrons. The van der Waals surface area contributed by atoms with Gasteiger partial charge in [0, 0.05) is 0 Å². The Hall–Kier alpha value is -0.339. The number of halogens is 4. The average Bonchev–Trinajstić information content (AvgIpc) is 2.37. The Labute approximate surface area is 156 Å². The molecule has 0 spiro atoms. The van der Waals surface area contributed by atoms with Crippen LogP contribution < -0.4 is 61.6 Å². The maximum atomic E-state index is 13.4.